The minimum Gasteiger partial charge on any atom is -0.312 e. The predicted molar refractivity (Wildman–Crippen MR) is 105 cm³/mol. The summed E-state index contributed by atoms with van der Waals surface area (Å²) in [5.41, 5.74) is 4.52. The van der Waals surface area contributed by atoms with Gasteiger partial charge in [-0.15, -0.1) is 11.3 Å². The van der Waals surface area contributed by atoms with Gasteiger partial charge in [0.1, 0.15) is 5.82 Å². The van der Waals surface area contributed by atoms with Gasteiger partial charge in [0, 0.05) is 34.8 Å². The van der Waals surface area contributed by atoms with E-state index < -0.39 is 0 Å². The molecule has 1 aromatic heterocycles. The molecule has 132 valence electrons. The summed E-state index contributed by atoms with van der Waals surface area (Å²) in [5.74, 6) is 0.00366. The molecule has 1 aliphatic rings. The summed E-state index contributed by atoms with van der Waals surface area (Å²) in [6, 6.07) is 17.1. The first-order valence-corrected chi connectivity index (χ1v) is 9.66. The van der Waals surface area contributed by atoms with Crippen LogP contribution in [0, 0.1) is 12.7 Å². The zero-order chi connectivity index (χ0) is 18.1. The van der Waals surface area contributed by atoms with E-state index in [9.17, 15) is 9.18 Å². The summed E-state index contributed by atoms with van der Waals surface area (Å²) < 4.78 is 13.1. The number of rotatable bonds is 4. The van der Waals surface area contributed by atoms with Crippen molar-refractivity contribution in [2.75, 3.05) is 11.4 Å². The minimum absolute atomic E-state index is 0.213. The Hall–Kier alpha value is -2.46. The second kappa shape index (κ2) is 7.04. The number of aryl methyl sites for hydroxylation is 1. The Morgan fingerprint density at radius 1 is 1.08 bits per heavy atom. The van der Waals surface area contributed by atoms with Gasteiger partial charge in [0.05, 0.1) is 0 Å². The van der Waals surface area contributed by atoms with Crippen molar-refractivity contribution in [3.63, 3.8) is 0 Å². The van der Waals surface area contributed by atoms with Gasteiger partial charge < -0.3 is 4.90 Å². The number of hydrogen-bond acceptors (Lipinski definition) is 2. The minimum atomic E-state index is -0.213. The second-order valence-corrected chi connectivity index (χ2v) is 7.88. The SMILES string of the molecule is Cc1ccc(N2CCCC2=O)cc1Cc1ccc(-c2ccc(F)cc2)s1. The van der Waals surface area contributed by atoms with Gasteiger partial charge >= 0.3 is 0 Å². The summed E-state index contributed by atoms with van der Waals surface area (Å²) in [4.78, 5) is 16.3. The van der Waals surface area contributed by atoms with Crippen LogP contribution in [0.15, 0.2) is 54.6 Å². The predicted octanol–water partition coefficient (Wildman–Crippen LogP) is 5.58. The van der Waals surface area contributed by atoms with Crippen LogP contribution in [0.5, 0.6) is 0 Å². The third-order valence-electron chi connectivity index (χ3n) is 4.87. The van der Waals surface area contributed by atoms with Gasteiger partial charge in [-0.3, -0.25) is 4.79 Å². The van der Waals surface area contributed by atoms with E-state index in [2.05, 4.69) is 31.2 Å². The van der Waals surface area contributed by atoms with Gasteiger partial charge in [-0.1, -0.05) is 18.2 Å². The van der Waals surface area contributed by atoms with E-state index in [1.807, 2.05) is 23.1 Å². The molecule has 0 aliphatic carbocycles. The molecule has 26 heavy (non-hydrogen) atoms. The molecular weight excluding hydrogens is 345 g/mol. The molecule has 0 unspecified atom stereocenters. The fourth-order valence-corrected chi connectivity index (χ4v) is 4.40. The smallest absolute Gasteiger partial charge is 0.227 e. The molecule has 3 aromatic rings. The maximum absolute atomic E-state index is 13.1. The monoisotopic (exact) mass is 365 g/mol. The molecule has 1 fully saturated rings. The highest BCUT2D eigenvalue weighted by Crippen LogP contribution is 2.31. The van der Waals surface area contributed by atoms with Crippen molar-refractivity contribution in [3.05, 3.63) is 76.4 Å². The molecule has 0 saturated carbocycles. The zero-order valence-corrected chi connectivity index (χ0v) is 15.5. The average Bonchev–Trinajstić information content (AvgIpc) is 3.27. The van der Waals surface area contributed by atoms with Crippen molar-refractivity contribution in [2.45, 2.75) is 26.2 Å². The zero-order valence-electron chi connectivity index (χ0n) is 14.7. The molecule has 4 heteroatoms. The van der Waals surface area contributed by atoms with E-state index in [1.165, 1.54) is 28.1 Å². The molecular formula is C22H20FNOS. The van der Waals surface area contributed by atoms with Gasteiger partial charge in [0.2, 0.25) is 5.91 Å². The van der Waals surface area contributed by atoms with Crippen molar-refractivity contribution in [1.82, 2.24) is 0 Å². The first-order chi connectivity index (χ1) is 12.6. The van der Waals surface area contributed by atoms with Gasteiger partial charge in [0.25, 0.3) is 0 Å². The quantitative estimate of drug-likeness (QED) is 0.591. The Balaban J connectivity index is 1.57. The van der Waals surface area contributed by atoms with Crippen molar-refractivity contribution in [3.8, 4) is 10.4 Å². The number of halogens is 1. The lowest BCUT2D eigenvalue weighted by Crippen LogP contribution is -2.23. The van der Waals surface area contributed by atoms with Gasteiger partial charge in [-0.05, 0) is 66.4 Å². The number of hydrogen-bond donors (Lipinski definition) is 0. The molecule has 1 saturated heterocycles. The van der Waals surface area contributed by atoms with Gasteiger partial charge in [-0.25, -0.2) is 4.39 Å². The highest BCUT2D eigenvalue weighted by Gasteiger charge is 2.22. The van der Waals surface area contributed by atoms with E-state index in [4.69, 9.17) is 0 Å². The van der Waals surface area contributed by atoms with E-state index in [-0.39, 0.29) is 11.7 Å². The summed E-state index contributed by atoms with van der Waals surface area (Å²) in [5, 5.41) is 0. The summed E-state index contributed by atoms with van der Waals surface area (Å²) in [7, 11) is 0. The van der Waals surface area contributed by atoms with E-state index in [1.54, 1.807) is 11.3 Å². The highest BCUT2D eigenvalue weighted by atomic mass is 32.1. The van der Waals surface area contributed by atoms with E-state index in [0.717, 1.165) is 35.5 Å². The third kappa shape index (κ3) is 3.42. The van der Waals surface area contributed by atoms with Crippen LogP contribution in [0.25, 0.3) is 10.4 Å². The van der Waals surface area contributed by atoms with Crippen LogP contribution in [0.4, 0.5) is 10.1 Å². The molecule has 1 amide bonds. The van der Waals surface area contributed by atoms with Crippen LogP contribution < -0.4 is 4.90 Å². The van der Waals surface area contributed by atoms with Crippen molar-refractivity contribution >= 4 is 22.9 Å². The molecule has 0 N–H and O–H groups in total. The van der Waals surface area contributed by atoms with Crippen LogP contribution in [0.2, 0.25) is 0 Å². The number of anilines is 1. The highest BCUT2D eigenvalue weighted by molar-refractivity contribution is 7.15. The fourth-order valence-electron chi connectivity index (χ4n) is 3.37. The van der Waals surface area contributed by atoms with Crippen molar-refractivity contribution in [1.29, 1.82) is 0 Å². The molecule has 0 radical (unpaired) electrons. The molecule has 1 aliphatic heterocycles. The van der Waals surface area contributed by atoms with Crippen LogP contribution in [0.1, 0.15) is 28.8 Å². The second-order valence-electron chi connectivity index (χ2n) is 6.71. The number of amides is 1. The Labute approximate surface area is 156 Å². The Morgan fingerprint density at radius 3 is 2.62 bits per heavy atom. The number of thiophene rings is 1. The number of carbonyl (C=O) groups is 1. The molecule has 0 atom stereocenters. The Kier molecular flexibility index (Phi) is 4.60. The molecule has 2 nitrogen and oxygen atoms in total. The summed E-state index contributed by atoms with van der Waals surface area (Å²) in [6.07, 6.45) is 2.43. The van der Waals surface area contributed by atoms with Crippen LogP contribution in [-0.2, 0) is 11.2 Å². The molecule has 4 rings (SSSR count). The maximum atomic E-state index is 13.1. The van der Waals surface area contributed by atoms with E-state index >= 15 is 0 Å². The Morgan fingerprint density at radius 2 is 1.88 bits per heavy atom. The standard InChI is InChI=1S/C22H20FNOS/c1-15-4-9-19(24-12-2-3-22(24)25)13-17(15)14-20-10-11-21(26-20)16-5-7-18(23)8-6-16/h4-11,13H,2-3,12,14H2,1H3. The maximum Gasteiger partial charge on any atom is 0.227 e. The molecule has 0 spiro atoms. The van der Waals surface area contributed by atoms with Gasteiger partial charge in [-0.2, -0.15) is 0 Å². The number of carbonyl (C=O) groups excluding carboxylic acids is 1. The number of benzene rings is 2. The summed E-state index contributed by atoms with van der Waals surface area (Å²) >= 11 is 1.73. The first kappa shape index (κ1) is 17.0. The van der Waals surface area contributed by atoms with Crippen LogP contribution >= 0.6 is 11.3 Å². The molecule has 2 heterocycles. The van der Waals surface area contributed by atoms with Crippen molar-refractivity contribution in [2.24, 2.45) is 0 Å². The summed E-state index contributed by atoms with van der Waals surface area (Å²) in [6.45, 7) is 2.93. The topological polar surface area (TPSA) is 20.3 Å². The lowest BCUT2D eigenvalue weighted by atomic mass is 10.0. The molecule has 0 bridgehead atoms. The van der Waals surface area contributed by atoms with Gasteiger partial charge in [0.15, 0.2) is 0 Å². The normalized spacial score (nSPS) is 14.2. The van der Waals surface area contributed by atoms with Crippen LogP contribution in [-0.4, -0.2) is 12.5 Å². The molecule has 2 aromatic carbocycles. The van der Waals surface area contributed by atoms with E-state index in [0.29, 0.717) is 6.42 Å². The Bertz CT molecular complexity index is 945. The first-order valence-electron chi connectivity index (χ1n) is 8.85. The fraction of sp³-hybridized carbons (Fsp3) is 0.227. The van der Waals surface area contributed by atoms with Crippen LogP contribution in [0.3, 0.4) is 0 Å². The number of nitrogens with zero attached hydrogens (tertiary/aromatic N) is 1. The largest absolute Gasteiger partial charge is 0.312 e. The van der Waals surface area contributed by atoms with Crippen molar-refractivity contribution < 1.29 is 9.18 Å². The average molecular weight is 365 g/mol. The third-order valence-corrected chi connectivity index (χ3v) is 6.01. The lowest BCUT2D eigenvalue weighted by molar-refractivity contribution is -0.117. The lowest BCUT2D eigenvalue weighted by Gasteiger charge is -2.17.